The second kappa shape index (κ2) is 5.25. The van der Waals surface area contributed by atoms with Crippen molar-refractivity contribution in [1.29, 1.82) is 0 Å². The summed E-state index contributed by atoms with van der Waals surface area (Å²) in [5.74, 6) is -2.32. The average molecular weight is 269 g/mol. The number of rotatable bonds is 2. The maximum atomic E-state index is 11.9. The Kier molecular flexibility index (Phi) is 3.68. The molecule has 1 aliphatic heterocycles. The van der Waals surface area contributed by atoms with E-state index in [0.29, 0.717) is 19.3 Å². The summed E-state index contributed by atoms with van der Waals surface area (Å²) in [6, 6.07) is -0.715. The van der Waals surface area contributed by atoms with Crippen LogP contribution in [-0.2, 0) is 14.4 Å². The topological polar surface area (TPSA) is 116 Å². The zero-order chi connectivity index (χ0) is 14.0. The molecule has 0 aromatic heterocycles. The molecule has 2 fully saturated rings. The highest BCUT2D eigenvalue weighted by Crippen LogP contribution is 2.25. The summed E-state index contributed by atoms with van der Waals surface area (Å²) in [6.45, 7) is -0.320. The molecule has 19 heavy (non-hydrogen) atoms. The first-order valence-electron chi connectivity index (χ1n) is 6.06. The molecule has 0 spiro atoms. The number of hydrogen-bond donors (Lipinski definition) is 3. The van der Waals surface area contributed by atoms with Crippen LogP contribution < -0.4 is 10.6 Å². The van der Waals surface area contributed by atoms with Gasteiger partial charge >= 0.3 is 12.0 Å². The van der Waals surface area contributed by atoms with Crippen molar-refractivity contribution in [2.24, 2.45) is 5.92 Å². The van der Waals surface area contributed by atoms with Crippen molar-refractivity contribution < 1.29 is 24.3 Å². The molecule has 0 radical (unpaired) electrons. The Hall–Kier alpha value is -2.12. The van der Waals surface area contributed by atoms with Crippen molar-refractivity contribution in [2.75, 3.05) is 13.1 Å². The molecule has 1 saturated carbocycles. The second-order valence-electron chi connectivity index (χ2n) is 4.82. The number of nitrogens with one attached hydrogen (secondary N) is 2. The summed E-state index contributed by atoms with van der Waals surface area (Å²) in [5.41, 5.74) is 0. The van der Waals surface area contributed by atoms with Crippen LogP contribution in [0.2, 0.25) is 0 Å². The molecule has 0 bridgehead atoms. The molecule has 3 N–H and O–H groups in total. The Morgan fingerprint density at radius 3 is 2.37 bits per heavy atom. The number of carbonyl (C=O) groups is 4. The van der Waals surface area contributed by atoms with E-state index in [1.54, 1.807) is 0 Å². The lowest BCUT2D eigenvalue weighted by Gasteiger charge is -2.27. The Morgan fingerprint density at radius 2 is 1.84 bits per heavy atom. The molecule has 8 nitrogen and oxygen atoms in total. The summed E-state index contributed by atoms with van der Waals surface area (Å²) >= 11 is 0. The molecule has 2 aliphatic rings. The third kappa shape index (κ3) is 3.21. The molecule has 2 atom stereocenters. The van der Waals surface area contributed by atoms with E-state index >= 15 is 0 Å². The minimum Gasteiger partial charge on any atom is -0.481 e. The second-order valence-corrected chi connectivity index (χ2v) is 4.82. The van der Waals surface area contributed by atoms with Gasteiger partial charge in [0.1, 0.15) is 13.1 Å². The molecule has 104 valence electrons. The summed E-state index contributed by atoms with van der Waals surface area (Å²) in [6.07, 6.45) is 1.51. The number of aliphatic carboxylic acids is 1. The zero-order valence-electron chi connectivity index (χ0n) is 10.2. The first-order chi connectivity index (χ1) is 8.95. The van der Waals surface area contributed by atoms with Crippen LogP contribution in [0, 0.1) is 5.92 Å². The standard InChI is InChI=1S/C11H15N3O5/c15-8-4-14(5-9(16)13-8)11(19)12-7-2-1-6(3-7)10(17)18/h6-7H,1-5H2,(H,12,19)(H,17,18)(H,13,15,16). The predicted octanol–water partition coefficient (Wildman–Crippen LogP) is -1.09. The zero-order valence-corrected chi connectivity index (χ0v) is 10.2. The largest absolute Gasteiger partial charge is 0.481 e. The van der Waals surface area contributed by atoms with Gasteiger partial charge in [-0.2, -0.15) is 0 Å². The lowest BCUT2D eigenvalue weighted by atomic mass is 10.1. The first kappa shape index (κ1) is 13.3. The number of hydrogen-bond acceptors (Lipinski definition) is 4. The van der Waals surface area contributed by atoms with Crippen LogP contribution >= 0.6 is 0 Å². The highest BCUT2D eigenvalue weighted by molar-refractivity contribution is 6.02. The molecule has 2 rings (SSSR count). The van der Waals surface area contributed by atoms with Crippen molar-refractivity contribution in [3.8, 4) is 0 Å². The van der Waals surface area contributed by atoms with E-state index in [1.807, 2.05) is 0 Å². The number of imide groups is 1. The van der Waals surface area contributed by atoms with Crippen LogP contribution in [0.4, 0.5) is 4.79 Å². The van der Waals surface area contributed by atoms with E-state index in [1.165, 1.54) is 0 Å². The summed E-state index contributed by atoms with van der Waals surface area (Å²) in [4.78, 5) is 46.0. The van der Waals surface area contributed by atoms with Crippen LogP contribution in [0.15, 0.2) is 0 Å². The molecular weight excluding hydrogens is 254 g/mol. The normalized spacial score (nSPS) is 27.1. The summed E-state index contributed by atoms with van der Waals surface area (Å²) < 4.78 is 0. The highest BCUT2D eigenvalue weighted by atomic mass is 16.4. The fourth-order valence-electron chi connectivity index (χ4n) is 2.38. The van der Waals surface area contributed by atoms with Gasteiger partial charge in [0, 0.05) is 6.04 Å². The lowest BCUT2D eigenvalue weighted by Crippen LogP contribution is -2.56. The van der Waals surface area contributed by atoms with Gasteiger partial charge in [0.2, 0.25) is 11.8 Å². The first-order valence-corrected chi connectivity index (χ1v) is 6.06. The van der Waals surface area contributed by atoms with Crippen molar-refractivity contribution in [1.82, 2.24) is 15.5 Å². The van der Waals surface area contributed by atoms with E-state index in [9.17, 15) is 19.2 Å². The van der Waals surface area contributed by atoms with Gasteiger partial charge in [0.05, 0.1) is 5.92 Å². The average Bonchev–Trinajstić information content (AvgIpc) is 2.76. The minimum atomic E-state index is -0.857. The maximum Gasteiger partial charge on any atom is 0.318 e. The van der Waals surface area contributed by atoms with Gasteiger partial charge in [0.15, 0.2) is 0 Å². The number of nitrogens with zero attached hydrogens (tertiary/aromatic N) is 1. The lowest BCUT2D eigenvalue weighted by molar-refractivity contribution is -0.141. The molecular formula is C11H15N3O5. The van der Waals surface area contributed by atoms with Gasteiger partial charge in [-0.15, -0.1) is 0 Å². The van der Waals surface area contributed by atoms with Crippen LogP contribution in [0.1, 0.15) is 19.3 Å². The van der Waals surface area contributed by atoms with Crippen LogP contribution in [0.25, 0.3) is 0 Å². The quantitative estimate of drug-likeness (QED) is 0.551. The molecule has 2 unspecified atom stereocenters. The number of urea groups is 1. The smallest absolute Gasteiger partial charge is 0.318 e. The van der Waals surface area contributed by atoms with E-state index in [2.05, 4.69) is 10.6 Å². The minimum absolute atomic E-state index is 0.160. The van der Waals surface area contributed by atoms with Crippen molar-refractivity contribution in [3.63, 3.8) is 0 Å². The molecule has 4 amide bonds. The Bertz CT molecular complexity index is 420. The molecule has 0 aromatic rings. The van der Waals surface area contributed by atoms with E-state index in [0.717, 1.165) is 4.90 Å². The number of carboxylic acid groups (broad SMARTS) is 1. The van der Waals surface area contributed by atoms with E-state index in [-0.39, 0.29) is 19.1 Å². The van der Waals surface area contributed by atoms with Gasteiger partial charge in [-0.1, -0.05) is 0 Å². The molecule has 0 aromatic carbocycles. The molecule has 1 heterocycles. The van der Waals surface area contributed by atoms with Crippen LogP contribution in [0.3, 0.4) is 0 Å². The highest BCUT2D eigenvalue weighted by Gasteiger charge is 2.33. The monoisotopic (exact) mass is 269 g/mol. The van der Waals surface area contributed by atoms with E-state index < -0.39 is 29.7 Å². The predicted molar refractivity (Wildman–Crippen MR) is 62.0 cm³/mol. The number of piperazine rings is 1. The fraction of sp³-hybridized carbons (Fsp3) is 0.636. The van der Waals surface area contributed by atoms with Gasteiger partial charge in [-0.3, -0.25) is 19.7 Å². The maximum absolute atomic E-state index is 11.9. The number of amides is 4. The molecule has 1 aliphatic carbocycles. The summed E-state index contributed by atoms with van der Waals surface area (Å²) in [5, 5.41) is 13.6. The Labute approximate surface area is 109 Å². The van der Waals surface area contributed by atoms with Crippen molar-refractivity contribution >= 4 is 23.8 Å². The van der Waals surface area contributed by atoms with Gasteiger partial charge in [-0.05, 0) is 19.3 Å². The van der Waals surface area contributed by atoms with Crippen molar-refractivity contribution in [3.05, 3.63) is 0 Å². The number of carbonyl (C=O) groups excluding carboxylic acids is 3. The van der Waals surface area contributed by atoms with Crippen LogP contribution in [0.5, 0.6) is 0 Å². The number of carboxylic acids is 1. The van der Waals surface area contributed by atoms with Gasteiger partial charge in [-0.25, -0.2) is 4.79 Å². The van der Waals surface area contributed by atoms with Gasteiger partial charge < -0.3 is 15.3 Å². The summed E-state index contributed by atoms with van der Waals surface area (Å²) in [7, 11) is 0. The third-order valence-corrected chi connectivity index (χ3v) is 3.34. The van der Waals surface area contributed by atoms with Crippen LogP contribution in [-0.4, -0.2) is 53.0 Å². The third-order valence-electron chi connectivity index (χ3n) is 3.34. The van der Waals surface area contributed by atoms with Crippen molar-refractivity contribution in [2.45, 2.75) is 25.3 Å². The van der Waals surface area contributed by atoms with E-state index in [4.69, 9.17) is 5.11 Å². The Balaban J connectivity index is 1.86. The van der Waals surface area contributed by atoms with Gasteiger partial charge in [0.25, 0.3) is 0 Å². The fourth-order valence-corrected chi connectivity index (χ4v) is 2.38. The SMILES string of the molecule is O=C1CN(C(=O)NC2CCC(C(=O)O)C2)CC(=O)N1. The Morgan fingerprint density at radius 1 is 1.21 bits per heavy atom. The molecule has 8 heteroatoms. The molecule has 1 saturated heterocycles.